The van der Waals surface area contributed by atoms with Crippen LogP contribution < -0.4 is 5.32 Å². The van der Waals surface area contributed by atoms with Gasteiger partial charge in [-0.3, -0.25) is 4.79 Å². The number of thiazole rings is 1. The summed E-state index contributed by atoms with van der Waals surface area (Å²) in [6, 6.07) is 4.33. The summed E-state index contributed by atoms with van der Waals surface area (Å²) in [6.07, 6.45) is -4.46. The van der Waals surface area contributed by atoms with E-state index in [0.717, 1.165) is 17.8 Å². The van der Waals surface area contributed by atoms with Crippen LogP contribution in [0.5, 0.6) is 0 Å². The van der Waals surface area contributed by atoms with Crippen LogP contribution in [-0.2, 0) is 12.7 Å². The molecule has 1 aromatic heterocycles. The first kappa shape index (κ1) is 14.5. The molecule has 0 radical (unpaired) electrons. The number of amides is 1. The number of carbonyl (C=O) groups is 1. The molecule has 1 amide bonds. The van der Waals surface area contributed by atoms with Gasteiger partial charge < -0.3 is 5.32 Å². The third kappa shape index (κ3) is 3.57. The number of hydrogen-bond donors (Lipinski definition) is 1. The zero-order chi connectivity index (χ0) is 14.8. The number of aryl methyl sites for hydroxylation is 1. The van der Waals surface area contributed by atoms with Crippen LogP contribution in [0.15, 0.2) is 29.6 Å². The monoisotopic (exact) mass is 300 g/mol. The van der Waals surface area contributed by atoms with Gasteiger partial charge in [0.1, 0.15) is 5.01 Å². The Balaban J connectivity index is 2.06. The van der Waals surface area contributed by atoms with Crippen molar-refractivity contribution in [1.82, 2.24) is 10.3 Å². The Morgan fingerprint density at radius 3 is 2.75 bits per heavy atom. The van der Waals surface area contributed by atoms with Crippen LogP contribution in [-0.4, -0.2) is 10.9 Å². The van der Waals surface area contributed by atoms with Gasteiger partial charge in [-0.05, 0) is 25.1 Å². The minimum Gasteiger partial charge on any atom is -0.346 e. The Bertz CT molecular complexity index is 622. The zero-order valence-electron chi connectivity index (χ0n) is 10.5. The summed E-state index contributed by atoms with van der Waals surface area (Å²) in [6.45, 7) is 2.03. The van der Waals surface area contributed by atoms with Crippen molar-refractivity contribution in [2.45, 2.75) is 19.6 Å². The number of benzene rings is 1. The van der Waals surface area contributed by atoms with Gasteiger partial charge in [-0.2, -0.15) is 13.2 Å². The van der Waals surface area contributed by atoms with E-state index >= 15 is 0 Å². The van der Waals surface area contributed by atoms with E-state index in [0.29, 0.717) is 5.01 Å². The fraction of sp³-hybridized carbons (Fsp3) is 0.231. The summed E-state index contributed by atoms with van der Waals surface area (Å²) in [4.78, 5) is 16.0. The van der Waals surface area contributed by atoms with E-state index in [1.54, 1.807) is 0 Å². The van der Waals surface area contributed by atoms with E-state index in [-0.39, 0.29) is 12.1 Å². The summed E-state index contributed by atoms with van der Waals surface area (Å²) < 4.78 is 37.6. The molecule has 0 spiro atoms. The summed E-state index contributed by atoms with van der Waals surface area (Å²) in [5, 5.41) is 5.10. The first-order chi connectivity index (χ1) is 9.36. The molecule has 0 aliphatic rings. The van der Waals surface area contributed by atoms with Crippen LogP contribution in [0.4, 0.5) is 13.2 Å². The molecule has 0 unspecified atom stereocenters. The first-order valence-electron chi connectivity index (χ1n) is 5.73. The lowest BCUT2D eigenvalue weighted by atomic mass is 10.1. The van der Waals surface area contributed by atoms with Gasteiger partial charge in [0.2, 0.25) is 0 Å². The second-order valence-corrected chi connectivity index (χ2v) is 5.09. The van der Waals surface area contributed by atoms with Crippen LogP contribution >= 0.6 is 11.3 Å². The van der Waals surface area contributed by atoms with E-state index < -0.39 is 17.6 Å². The van der Waals surface area contributed by atoms with Gasteiger partial charge in [0.05, 0.1) is 12.1 Å². The molecule has 2 aromatic rings. The van der Waals surface area contributed by atoms with Crippen molar-refractivity contribution in [3.63, 3.8) is 0 Å². The van der Waals surface area contributed by atoms with Crippen molar-refractivity contribution < 1.29 is 18.0 Å². The van der Waals surface area contributed by atoms with Gasteiger partial charge in [-0.15, -0.1) is 11.3 Å². The molecule has 0 fully saturated rings. The number of nitrogens with one attached hydrogen (secondary N) is 1. The molecule has 106 valence electrons. The molecular weight excluding hydrogens is 289 g/mol. The highest BCUT2D eigenvalue weighted by Gasteiger charge is 2.30. The Morgan fingerprint density at radius 1 is 1.40 bits per heavy atom. The summed E-state index contributed by atoms with van der Waals surface area (Å²) in [7, 11) is 0. The lowest BCUT2D eigenvalue weighted by molar-refractivity contribution is -0.137. The van der Waals surface area contributed by atoms with Crippen molar-refractivity contribution in [3.05, 3.63) is 51.5 Å². The fourth-order valence-electron chi connectivity index (χ4n) is 1.58. The SMILES string of the molecule is Cc1csc(CNC(=O)c2cccc(C(F)(F)F)c2)n1. The fourth-order valence-corrected chi connectivity index (χ4v) is 2.29. The van der Waals surface area contributed by atoms with E-state index in [9.17, 15) is 18.0 Å². The predicted octanol–water partition coefficient (Wildman–Crippen LogP) is 3.40. The summed E-state index contributed by atoms with van der Waals surface area (Å²) in [5.41, 5.74) is -0.0123. The molecule has 0 atom stereocenters. The van der Waals surface area contributed by atoms with Gasteiger partial charge in [0.15, 0.2) is 0 Å². The van der Waals surface area contributed by atoms with Crippen LogP contribution in [0, 0.1) is 6.92 Å². The van der Waals surface area contributed by atoms with E-state index in [1.165, 1.54) is 23.5 Å². The smallest absolute Gasteiger partial charge is 0.346 e. The van der Waals surface area contributed by atoms with Crippen LogP contribution in [0.2, 0.25) is 0 Å². The van der Waals surface area contributed by atoms with Crippen molar-refractivity contribution in [1.29, 1.82) is 0 Å². The number of rotatable bonds is 3. The number of aromatic nitrogens is 1. The molecule has 1 N–H and O–H groups in total. The lowest BCUT2D eigenvalue weighted by Crippen LogP contribution is -2.23. The van der Waals surface area contributed by atoms with Gasteiger partial charge in [0.25, 0.3) is 5.91 Å². The molecule has 0 saturated carbocycles. The van der Waals surface area contributed by atoms with Crippen molar-refractivity contribution >= 4 is 17.2 Å². The Kier molecular flexibility index (Phi) is 4.08. The van der Waals surface area contributed by atoms with Crippen molar-refractivity contribution in [2.24, 2.45) is 0 Å². The average molecular weight is 300 g/mol. The predicted molar refractivity (Wildman–Crippen MR) is 69.5 cm³/mol. The Labute approximate surface area is 117 Å². The molecule has 20 heavy (non-hydrogen) atoms. The topological polar surface area (TPSA) is 42.0 Å². The minimum atomic E-state index is -4.46. The maximum absolute atomic E-state index is 12.5. The second kappa shape index (κ2) is 5.62. The number of carbonyl (C=O) groups excluding carboxylic acids is 1. The standard InChI is InChI=1S/C13H11F3N2OS/c1-8-7-20-11(18-8)6-17-12(19)9-3-2-4-10(5-9)13(14,15)16/h2-5,7H,6H2,1H3,(H,17,19). The molecule has 3 nitrogen and oxygen atoms in total. The molecule has 0 saturated heterocycles. The first-order valence-corrected chi connectivity index (χ1v) is 6.60. The average Bonchev–Trinajstić information content (AvgIpc) is 2.81. The highest BCUT2D eigenvalue weighted by atomic mass is 32.1. The van der Waals surface area contributed by atoms with Crippen molar-refractivity contribution in [2.75, 3.05) is 0 Å². The van der Waals surface area contributed by atoms with Crippen molar-refractivity contribution in [3.8, 4) is 0 Å². The molecule has 0 aliphatic carbocycles. The number of alkyl halides is 3. The Morgan fingerprint density at radius 2 is 2.15 bits per heavy atom. The third-order valence-corrected chi connectivity index (χ3v) is 3.49. The zero-order valence-corrected chi connectivity index (χ0v) is 11.3. The van der Waals surface area contributed by atoms with E-state index in [1.807, 2.05) is 12.3 Å². The molecule has 0 bridgehead atoms. The van der Waals surface area contributed by atoms with Gasteiger partial charge in [0, 0.05) is 16.6 Å². The molecule has 7 heteroatoms. The van der Waals surface area contributed by atoms with Crippen LogP contribution in [0.1, 0.15) is 26.6 Å². The van der Waals surface area contributed by atoms with Gasteiger partial charge in [-0.1, -0.05) is 6.07 Å². The second-order valence-electron chi connectivity index (χ2n) is 4.14. The van der Waals surface area contributed by atoms with E-state index in [2.05, 4.69) is 10.3 Å². The maximum Gasteiger partial charge on any atom is 0.416 e. The lowest BCUT2D eigenvalue weighted by Gasteiger charge is -2.08. The highest BCUT2D eigenvalue weighted by Crippen LogP contribution is 2.29. The number of hydrogen-bond acceptors (Lipinski definition) is 3. The normalized spacial score (nSPS) is 11.4. The van der Waals surface area contributed by atoms with Gasteiger partial charge >= 0.3 is 6.18 Å². The quantitative estimate of drug-likeness (QED) is 0.944. The molecular formula is C13H11F3N2OS. The summed E-state index contributed by atoms with van der Waals surface area (Å²) >= 11 is 1.39. The molecule has 1 aromatic carbocycles. The number of nitrogens with zero attached hydrogens (tertiary/aromatic N) is 1. The molecule has 1 heterocycles. The molecule has 0 aliphatic heterocycles. The van der Waals surface area contributed by atoms with Crippen LogP contribution in [0.25, 0.3) is 0 Å². The molecule has 2 rings (SSSR count). The minimum absolute atomic E-state index is 0.0203. The highest BCUT2D eigenvalue weighted by molar-refractivity contribution is 7.09. The van der Waals surface area contributed by atoms with E-state index in [4.69, 9.17) is 0 Å². The third-order valence-electron chi connectivity index (χ3n) is 2.52. The summed E-state index contributed by atoms with van der Waals surface area (Å²) in [5.74, 6) is -0.552. The largest absolute Gasteiger partial charge is 0.416 e. The Hall–Kier alpha value is -1.89. The van der Waals surface area contributed by atoms with Crippen LogP contribution in [0.3, 0.4) is 0 Å². The maximum atomic E-state index is 12.5. The van der Waals surface area contributed by atoms with Gasteiger partial charge in [-0.25, -0.2) is 4.98 Å². The number of halogens is 3.